The summed E-state index contributed by atoms with van der Waals surface area (Å²) in [5, 5.41) is 15.8. The zero-order chi connectivity index (χ0) is 23.7. The van der Waals surface area contributed by atoms with Crippen LogP contribution in [0.15, 0.2) is 48.7 Å². The number of benzene rings is 1. The van der Waals surface area contributed by atoms with Crippen LogP contribution in [0.2, 0.25) is 5.02 Å². The maximum absolute atomic E-state index is 14.2. The molecule has 0 saturated carbocycles. The van der Waals surface area contributed by atoms with E-state index < -0.39 is 23.6 Å². The second kappa shape index (κ2) is 11.7. The molecular formula is C21H18ClF2N3O5. The lowest BCUT2D eigenvalue weighted by Crippen LogP contribution is -2.26. The molecule has 0 spiro atoms. The van der Waals surface area contributed by atoms with Crippen molar-refractivity contribution in [3.8, 4) is 22.9 Å². The summed E-state index contributed by atoms with van der Waals surface area (Å²) in [7, 11) is 0. The third kappa shape index (κ3) is 7.25. The maximum atomic E-state index is 14.2. The van der Waals surface area contributed by atoms with Crippen LogP contribution in [-0.4, -0.2) is 38.7 Å². The van der Waals surface area contributed by atoms with E-state index in [1.807, 2.05) is 0 Å². The molecule has 1 aromatic carbocycles. The number of carboxylic acids is 1. The predicted octanol–water partition coefficient (Wildman–Crippen LogP) is 3.91. The van der Waals surface area contributed by atoms with Crippen LogP contribution in [0.5, 0.6) is 11.6 Å². The molecular weight excluding hydrogens is 448 g/mol. The van der Waals surface area contributed by atoms with Crippen LogP contribution >= 0.6 is 11.6 Å². The van der Waals surface area contributed by atoms with Gasteiger partial charge in [0, 0.05) is 29.9 Å². The van der Waals surface area contributed by atoms with Crippen molar-refractivity contribution < 1.29 is 33.3 Å². The van der Waals surface area contributed by atoms with Crippen molar-refractivity contribution in [1.82, 2.24) is 9.97 Å². The molecule has 4 N–H and O–H groups in total. The fourth-order valence-electron chi connectivity index (χ4n) is 2.63. The SMILES string of the molecule is NC(CC(=O)O)Cc1ccc(F)c(-c2ccc(Oc3ncc(Cl)cc3F)cc2)n1.O=CO. The van der Waals surface area contributed by atoms with Gasteiger partial charge in [-0.3, -0.25) is 9.59 Å². The van der Waals surface area contributed by atoms with Gasteiger partial charge in [0.25, 0.3) is 12.4 Å². The zero-order valence-electron chi connectivity index (χ0n) is 16.4. The number of pyridine rings is 2. The van der Waals surface area contributed by atoms with Crippen molar-refractivity contribution in [3.63, 3.8) is 0 Å². The van der Waals surface area contributed by atoms with Gasteiger partial charge in [-0.05, 0) is 42.5 Å². The first-order chi connectivity index (χ1) is 15.2. The normalized spacial score (nSPS) is 11.1. The number of carbonyl (C=O) groups is 2. The van der Waals surface area contributed by atoms with Crippen LogP contribution < -0.4 is 10.5 Å². The Morgan fingerprint density at radius 2 is 1.84 bits per heavy atom. The van der Waals surface area contributed by atoms with Crippen molar-refractivity contribution >= 4 is 24.0 Å². The molecule has 0 bridgehead atoms. The number of halogens is 3. The van der Waals surface area contributed by atoms with Crippen LogP contribution in [0.3, 0.4) is 0 Å². The molecule has 0 aliphatic carbocycles. The molecule has 8 nitrogen and oxygen atoms in total. The molecule has 1 atom stereocenters. The summed E-state index contributed by atoms with van der Waals surface area (Å²) in [6.07, 6.45) is 1.24. The van der Waals surface area contributed by atoms with E-state index in [4.69, 9.17) is 37.1 Å². The van der Waals surface area contributed by atoms with Gasteiger partial charge in [0.2, 0.25) is 0 Å². The van der Waals surface area contributed by atoms with E-state index >= 15 is 0 Å². The lowest BCUT2D eigenvalue weighted by molar-refractivity contribution is -0.137. The summed E-state index contributed by atoms with van der Waals surface area (Å²) >= 11 is 5.65. The van der Waals surface area contributed by atoms with Crippen LogP contribution in [0.25, 0.3) is 11.3 Å². The Bertz CT molecular complexity index is 1080. The number of aliphatic carboxylic acids is 1. The molecule has 0 radical (unpaired) electrons. The average Bonchev–Trinajstić information content (AvgIpc) is 2.72. The first-order valence-electron chi connectivity index (χ1n) is 9.03. The highest BCUT2D eigenvalue weighted by atomic mass is 35.5. The van der Waals surface area contributed by atoms with Gasteiger partial charge in [0.1, 0.15) is 17.3 Å². The number of nitrogens with two attached hydrogens (primary N) is 1. The van der Waals surface area contributed by atoms with Crippen LogP contribution in [0, 0.1) is 11.6 Å². The Hall–Kier alpha value is -3.63. The number of hydrogen-bond donors (Lipinski definition) is 3. The summed E-state index contributed by atoms with van der Waals surface area (Å²) in [5.74, 6) is -2.20. The van der Waals surface area contributed by atoms with Crippen molar-refractivity contribution in [2.75, 3.05) is 0 Å². The van der Waals surface area contributed by atoms with E-state index in [0.29, 0.717) is 17.0 Å². The minimum atomic E-state index is -1.01. The van der Waals surface area contributed by atoms with Gasteiger partial charge in [0.05, 0.1) is 11.4 Å². The monoisotopic (exact) mass is 465 g/mol. The molecule has 32 heavy (non-hydrogen) atoms. The predicted molar refractivity (Wildman–Crippen MR) is 112 cm³/mol. The van der Waals surface area contributed by atoms with E-state index in [2.05, 4.69) is 9.97 Å². The Morgan fingerprint density at radius 3 is 2.44 bits per heavy atom. The number of carboxylic acid groups (broad SMARTS) is 2. The van der Waals surface area contributed by atoms with Crippen molar-refractivity contribution in [3.05, 3.63) is 71.0 Å². The molecule has 0 amide bonds. The van der Waals surface area contributed by atoms with Crippen LogP contribution in [-0.2, 0) is 16.0 Å². The van der Waals surface area contributed by atoms with Crippen molar-refractivity contribution in [1.29, 1.82) is 0 Å². The van der Waals surface area contributed by atoms with Crippen LogP contribution in [0.1, 0.15) is 12.1 Å². The summed E-state index contributed by atoms with van der Waals surface area (Å²) in [6, 6.07) is 9.35. The maximum Gasteiger partial charge on any atom is 0.304 e. The van der Waals surface area contributed by atoms with Gasteiger partial charge in [0.15, 0.2) is 5.82 Å². The first kappa shape index (κ1) is 24.6. The third-order valence-corrected chi connectivity index (χ3v) is 4.13. The largest absolute Gasteiger partial charge is 0.483 e. The second-order valence-corrected chi connectivity index (χ2v) is 6.80. The van der Waals surface area contributed by atoms with E-state index in [9.17, 15) is 13.6 Å². The van der Waals surface area contributed by atoms with Gasteiger partial charge in [-0.1, -0.05) is 11.6 Å². The smallest absolute Gasteiger partial charge is 0.304 e. The molecule has 1 unspecified atom stereocenters. The molecule has 0 fully saturated rings. The van der Waals surface area contributed by atoms with Crippen molar-refractivity contribution in [2.24, 2.45) is 5.73 Å². The van der Waals surface area contributed by atoms with E-state index in [0.717, 1.165) is 6.07 Å². The average molecular weight is 466 g/mol. The number of hydrogen-bond acceptors (Lipinski definition) is 6. The lowest BCUT2D eigenvalue weighted by Gasteiger charge is -2.11. The van der Waals surface area contributed by atoms with Gasteiger partial charge in [-0.25, -0.2) is 18.7 Å². The summed E-state index contributed by atoms with van der Waals surface area (Å²) in [5.41, 5.74) is 6.80. The molecule has 2 aromatic heterocycles. The molecule has 2 heterocycles. The van der Waals surface area contributed by atoms with E-state index in [-0.39, 0.29) is 35.9 Å². The molecule has 0 aliphatic heterocycles. The Balaban J connectivity index is 0.00000114. The minimum Gasteiger partial charge on any atom is -0.483 e. The van der Waals surface area contributed by atoms with Gasteiger partial charge >= 0.3 is 5.97 Å². The lowest BCUT2D eigenvalue weighted by atomic mass is 10.1. The summed E-state index contributed by atoms with van der Waals surface area (Å²) in [4.78, 5) is 27.1. The highest BCUT2D eigenvalue weighted by Gasteiger charge is 2.14. The van der Waals surface area contributed by atoms with Crippen LogP contribution in [0.4, 0.5) is 8.78 Å². The van der Waals surface area contributed by atoms with Crippen molar-refractivity contribution in [2.45, 2.75) is 18.9 Å². The minimum absolute atomic E-state index is 0.0902. The number of ether oxygens (including phenoxy) is 1. The van der Waals surface area contributed by atoms with Gasteiger partial charge < -0.3 is 20.7 Å². The molecule has 0 aliphatic rings. The highest BCUT2D eigenvalue weighted by Crippen LogP contribution is 2.27. The highest BCUT2D eigenvalue weighted by molar-refractivity contribution is 6.30. The molecule has 0 saturated heterocycles. The fourth-order valence-corrected chi connectivity index (χ4v) is 2.78. The molecule has 3 rings (SSSR count). The molecule has 11 heteroatoms. The quantitative estimate of drug-likeness (QED) is 0.447. The molecule has 3 aromatic rings. The third-order valence-electron chi connectivity index (χ3n) is 3.93. The topological polar surface area (TPSA) is 136 Å². The summed E-state index contributed by atoms with van der Waals surface area (Å²) in [6.45, 7) is -0.250. The molecule has 168 valence electrons. The van der Waals surface area contributed by atoms with E-state index in [1.54, 1.807) is 12.1 Å². The number of rotatable bonds is 7. The number of aromatic nitrogens is 2. The Morgan fingerprint density at radius 1 is 1.19 bits per heavy atom. The van der Waals surface area contributed by atoms with E-state index in [1.165, 1.54) is 30.5 Å². The number of nitrogens with zero attached hydrogens (tertiary/aromatic N) is 2. The fraction of sp³-hybridized carbons (Fsp3) is 0.143. The Kier molecular flexibility index (Phi) is 8.99. The summed E-state index contributed by atoms with van der Waals surface area (Å²) < 4.78 is 33.4. The zero-order valence-corrected chi connectivity index (χ0v) is 17.2. The Labute approximate surface area is 186 Å². The standard InChI is InChI=1S/C20H16ClF2N3O3.CH2O2/c21-12-7-17(23)20(25-10-12)29-15-4-1-11(2-5-15)19-16(22)6-3-14(26-19)8-13(24)9-18(27)28;2-1-3/h1-7,10,13H,8-9,24H2,(H,27,28);1H,(H,2,3). The first-order valence-corrected chi connectivity index (χ1v) is 9.41. The van der Waals surface area contributed by atoms with Gasteiger partial charge in [-0.2, -0.15) is 0 Å². The van der Waals surface area contributed by atoms with Gasteiger partial charge in [-0.15, -0.1) is 0 Å². The second-order valence-electron chi connectivity index (χ2n) is 6.37.